The van der Waals surface area contributed by atoms with Crippen LogP contribution in [0.15, 0.2) is 71.6 Å². The topological polar surface area (TPSA) is 86.8 Å². The largest absolute Gasteiger partial charge is 0.357 e. The summed E-state index contributed by atoms with van der Waals surface area (Å²) in [4.78, 5) is 27.7. The Kier molecular flexibility index (Phi) is 9.23. The molecular weight excluding hydrogens is 533 g/mol. The number of benzene rings is 3. The number of aryl methyl sites for hydroxylation is 2. The van der Waals surface area contributed by atoms with E-state index >= 15 is 0 Å². The Labute approximate surface area is 228 Å². The van der Waals surface area contributed by atoms with Crippen LogP contribution in [0.4, 0.5) is 5.69 Å². The van der Waals surface area contributed by atoms with Crippen LogP contribution < -0.4 is 9.62 Å². The fraction of sp³-hybridized carbons (Fsp3) is 0.259. The van der Waals surface area contributed by atoms with E-state index in [1.165, 1.54) is 42.3 Å². The lowest BCUT2D eigenvalue weighted by atomic mass is 10.1. The number of rotatable bonds is 9. The van der Waals surface area contributed by atoms with Gasteiger partial charge in [0.15, 0.2) is 0 Å². The number of nitrogens with zero attached hydrogens (tertiary/aromatic N) is 2. The Bertz CT molecular complexity index is 1370. The molecule has 196 valence electrons. The van der Waals surface area contributed by atoms with Crippen molar-refractivity contribution >= 4 is 50.7 Å². The van der Waals surface area contributed by atoms with Gasteiger partial charge in [0.2, 0.25) is 11.8 Å². The van der Waals surface area contributed by atoms with Gasteiger partial charge in [0.1, 0.15) is 12.6 Å². The van der Waals surface area contributed by atoms with Crippen LogP contribution in [0.5, 0.6) is 0 Å². The standard InChI is InChI=1S/C27H29Cl2N3O4S/c1-18-8-10-25(11-9-18)37(35,36)32(24-14-22(28)13-23(29)15-24)17-26(33)31(20(3)27(34)30-4)16-21-7-5-6-19(2)12-21/h5-15,20H,16-17H2,1-4H3,(H,30,34). The maximum absolute atomic E-state index is 13.8. The highest BCUT2D eigenvalue weighted by Gasteiger charge is 2.32. The fourth-order valence-electron chi connectivity index (χ4n) is 3.85. The second-order valence-electron chi connectivity index (χ2n) is 8.75. The molecule has 0 bridgehead atoms. The SMILES string of the molecule is CNC(=O)C(C)N(Cc1cccc(C)c1)C(=O)CN(c1cc(Cl)cc(Cl)c1)S(=O)(=O)c1ccc(C)cc1. The van der Waals surface area contributed by atoms with Gasteiger partial charge >= 0.3 is 0 Å². The number of nitrogens with one attached hydrogen (secondary N) is 1. The van der Waals surface area contributed by atoms with Crippen molar-refractivity contribution in [3.05, 3.63) is 93.5 Å². The second-order valence-corrected chi connectivity index (χ2v) is 11.5. The zero-order valence-electron chi connectivity index (χ0n) is 21.0. The lowest BCUT2D eigenvalue weighted by Crippen LogP contribution is -2.50. The molecular formula is C27H29Cl2N3O4S. The minimum atomic E-state index is -4.20. The summed E-state index contributed by atoms with van der Waals surface area (Å²) < 4.78 is 28.5. The van der Waals surface area contributed by atoms with Crippen LogP contribution in [-0.4, -0.2) is 44.8 Å². The second kappa shape index (κ2) is 12.0. The van der Waals surface area contributed by atoms with E-state index in [0.717, 1.165) is 21.0 Å². The Balaban J connectivity index is 2.07. The molecule has 37 heavy (non-hydrogen) atoms. The first-order chi connectivity index (χ1) is 17.4. The van der Waals surface area contributed by atoms with Crippen molar-refractivity contribution in [2.75, 3.05) is 17.9 Å². The van der Waals surface area contributed by atoms with Crippen molar-refractivity contribution in [2.24, 2.45) is 0 Å². The van der Waals surface area contributed by atoms with Crippen molar-refractivity contribution in [1.29, 1.82) is 0 Å². The molecule has 3 aromatic carbocycles. The summed E-state index contributed by atoms with van der Waals surface area (Å²) in [6.45, 7) is 4.92. The normalized spacial score (nSPS) is 12.1. The summed E-state index contributed by atoms with van der Waals surface area (Å²) in [5.74, 6) is -0.941. The maximum atomic E-state index is 13.8. The van der Waals surface area contributed by atoms with Crippen LogP contribution in [0.1, 0.15) is 23.6 Å². The summed E-state index contributed by atoms with van der Waals surface area (Å²) in [5, 5.41) is 2.99. The predicted octanol–water partition coefficient (Wildman–Crippen LogP) is 4.97. The highest BCUT2D eigenvalue weighted by atomic mass is 35.5. The Hall–Kier alpha value is -3.07. The van der Waals surface area contributed by atoms with Gasteiger partial charge in [-0.3, -0.25) is 13.9 Å². The van der Waals surface area contributed by atoms with Gasteiger partial charge in [-0.05, 0) is 56.7 Å². The Morgan fingerprint density at radius 2 is 1.54 bits per heavy atom. The van der Waals surface area contributed by atoms with E-state index in [9.17, 15) is 18.0 Å². The number of likely N-dealkylation sites (N-methyl/N-ethyl adjacent to an activating group) is 1. The number of amides is 2. The molecule has 1 atom stereocenters. The molecule has 0 aromatic heterocycles. The van der Waals surface area contributed by atoms with Gasteiger partial charge in [-0.25, -0.2) is 8.42 Å². The smallest absolute Gasteiger partial charge is 0.264 e. The van der Waals surface area contributed by atoms with Gasteiger partial charge in [0.25, 0.3) is 10.0 Å². The molecule has 0 fully saturated rings. The van der Waals surface area contributed by atoms with E-state index in [1.807, 2.05) is 38.1 Å². The highest BCUT2D eigenvalue weighted by Crippen LogP contribution is 2.30. The monoisotopic (exact) mass is 561 g/mol. The van der Waals surface area contributed by atoms with Gasteiger partial charge < -0.3 is 10.2 Å². The van der Waals surface area contributed by atoms with Crippen LogP contribution in [0.25, 0.3) is 0 Å². The molecule has 0 spiro atoms. The Morgan fingerprint density at radius 1 is 0.919 bits per heavy atom. The van der Waals surface area contributed by atoms with Crippen LogP contribution in [-0.2, 0) is 26.2 Å². The number of carbonyl (C=O) groups is 2. The first-order valence-electron chi connectivity index (χ1n) is 11.5. The number of sulfonamides is 1. The molecule has 0 heterocycles. The minimum Gasteiger partial charge on any atom is -0.357 e. The third kappa shape index (κ3) is 7.03. The molecule has 2 amide bonds. The van der Waals surface area contributed by atoms with E-state index in [4.69, 9.17) is 23.2 Å². The summed E-state index contributed by atoms with van der Waals surface area (Å²) in [5.41, 5.74) is 2.82. The molecule has 0 saturated heterocycles. The average Bonchev–Trinajstić information content (AvgIpc) is 2.84. The van der Waals surface area contributed by atoms with E-state index in [-0.39, 0.29) is 33.1 Å². The van der Waals surface area contributed by atoms with E-state index in [1.54, 1.807) is 19.1 Å². The highest BCUT2D eigenvalue weighted by molar-refractivity contribution is 7.92. The predicted molar refractivity (Wildman–Crippen MR) is 147 cm³/mol. The first-order valence-corrected chi connectivity index (χ1v) is 13.7. The van der Waals surface area contributed by atoms with Crippen LogP contribution in [0.3, 0.4) is 0 Å². The number of hydrogen-bond donors (Lipinski definition) is 1. The quantitative estimate of drug-likeness (QED) is 0.399. The summed E-state index contributed by atoms with van der Waals surface area (Å²) in [7, 11) is -2.71. The van der Waals surface area contributed by atoms with Crippen molar-refractivity contribution < 1.29 is 18.0 Å². The third-order valence-electron chi connectivity index (χ3n) is 5.87. The van der Waals surface area contributed by atoms with Gasteiger partial charge in [-0.2, -0.15) is 0 Å². The minimum absolute atomic E-state index is 0.00609. The van der Waals surface area contributed by atoms with E-state index in [2.05, 4.69) is 5.32 Å². The van der Waals surface area contributed by atoms with Crippen LogP contribution in [0.2, 0.25) is 10.0 Å². The van der Waals surface area contributed by atoms with Crippen LogP contribution >= 0.6 is 23.2 Å². The molecule has 3 aromatic rings. The third-order valence-corrected chi connectivity index (χ3v) is 8.10. The van der Waals surface area contributed by atoms with Gasteiger partial charge in [0.05, 0.1) is 10.6 Å². The van der Waals surface area contributed by atoms with Crippen molar-refractivity contribution in [2.45, 2.75) is 38.3 Å². The zero-order valence-corrected chi connectivity index (χ0v) is 23.4. The lowest BCUT2D eigenvalue weighted by Gasteiger charge is -2.32. The molecule has 1 N–H and O–H groups in total. The van der Waals surface area contributed by atoms with Crippen molar-refractivity contribution in [3.8, 4) is 0 Å². The van der Waals surface area contributed by atoms with E-state index in [0.29, 0.717) is 0 Å². The Morgan fingerprint density at radius 3 is 2.11 bits per heavy atom. The molecule has 0 saturated carbocycles. The summed E-state index contributed by atoms with van der Waals surface area (Å²) >= 11 is 12.4. The first kappa shape index (κ1) is 28.5. The summed E-state index contributed by atoms with van der Waals surface area (Å²) in [6.07, 6.45) is 0. The van der Waals surface area contributed by atoms with Gasteiger partial charge in [-0.15, -0.1) is 0 Å². The molecule has 0 aliphatic rings. The fourth-order valence-corrected chi connectivity index (χ4v) is 5.76. The molecule has 0 aliphatic carbocycles. The molecule has 1 unspecified atom stereocenters. The average molecular weight is 563 g/mol. The number of halogens is 2. The van der Waals surface area contributed by atoms with Gasteiger partial charge in [0, 0.05) is 23.6 Å². The van der Waals surface area contributed by atoms with Crippen LogP contribution in [0, 0.1) is 13.8 Å². The van der Waals surface area contributed by atoms with Crippen molar-refractivity contribution in [3.63, 3.8) is 0 Å². The molecule has 7 nitrogen and oxygen atoms in total. The lowest BCUT2D eigenvalue weighted by molar-refractivity contribution is -0.139. The van der Waals surface area contributed by atoms with E-state index < -0.39 is 28.5 Å². The number of hydrogen-bond acceptors (Lipinski definition) is 4. The molecule has 10 heteroatoms. The molecule has 0 radical (unpaired) electrons. The van der Waals surface area contributed by atoms with Crippen molar-refractivity contribution in [1.82, 2.24) is 10.2 Å². The number of carbonyl (C=O) groups excluding carboxylic acids is 2. The number of anilines is 1. The molecule has 0 aliphatic heterocycles. The molecule has 3 rings (SSSR count). The van der Waals surface area contributed by atoms with Gasteiger partial charge in [-0.1, -0.05) is 70.7 Å². The zero-order chi connectivity index (χ0) is 27.3. The summed E-state index contributed by atoms with van der Waals surface area (Å²) in [6, 6.07) is 17.3. The maximum Gasteiger partial charge on any atom is 0.264 e.